The van der Waals surface area contributed by atoms with Crippen LogP contribution in [0.5, 0.6) is 0 Å². The van der Waals surface area contributed by atoms with E-state index in [1.807, 2.05) is 0 Å². The molecule has 1 saturated heterocycles. The van der Waals surface area contributed by atoms with Crippen molar-refractivity contribution in [2.45, 2.75) is 51.2 Å². The minimum atomic E-state index is -0.206. The van der Waals surface area contributed by atoms with Gasteiger partial charge in [0.15, 0.2) is 0 Å². The first-order chi connectivity index (χ1) is 6.14. The Bertz CT molecular complexity index is 193. The van der Waals surface area contributed by atoms with Gasteiger partial charge in [-0.15, -0.1) is 0 Å². The van der Waals surface area contributed by atoms with Crippen molar-refractivity contribution in [1.29, 1.82) is 0 Å². The predicted molar refractivity (Wildman–Crippen MR) is 51.5 cm³/mol. The third-order valence-corrected chi connectivity index (χ3v) is 4.05. The summed E-state index contributed by atoms with van der Waals surface area (Å²) in [6, 6.07) is 0. The molecule has 2 fully saturated rings. The zero-order valence-corrected chi connectivity index (χ0v) is 8.62. The topological polar surface area (TPSA) is 29.5 Å². The molecule has 2 rings (SSSR count). The fraction of sp³-hybridized carbons (Fsp3) is 1.00. The van der Waals surface area contributed by atoms with Crippen LogP contribution in [0.2, 0.25) is 0 Å². The van der Waals surface area contributed by atoms with E-state index in [0.717, 1.165) is 31.8 Å². The van der Waals surface area contributed by atoms with Crippen molar-refractivity contribution in [2.75, 3.05) is 6.61 Å². The van der Waals surface area contributed by atoms with Crippen LogP contribution in [0.3, 0.4) is 0 Å². The highest BCUT2D eigenvalue weighted by Gasteiger charge is 2.47. The fourth-order valence-electron chi connectivity index (χ4n) is 2.77. The average Bonchev–Trinajstić information content (AvgIpc) is 2.42. The number of aliphatic hydroxyl groups excluding tert-OH is 1. The van der Waals surface area contributed by atoms with Gasteiger partial charge in [-0.25, -0.2) is 0 Å². The van der Waals surface area contributed by atoms with Crippen LogP contribution >= 0.6 is 0 Å². The zero-order chi connectivity index (χ0) is 9.47. The van der Waals surface area contributed by atoms with Crippen LogP contribution in [0.1, 0.15) is 39.5 Å². The van der Waals surface area contributed by atoms with E-state index in [4.69, 9.17) is 4.74 Å². The molecule has 0 aromatic heterocycles. The van der Waals surface area contributed by atoms with Gasteiger partial charge in [0.1, 0.15) is 0 Å². The van der Waals surface area contributed by atoms with Gasteiger partial charge in [-0.2, -0.15) is 0 Å². The van der Waals surface area contributed by atoms with Crippen LogP contribution in [0.15, 0.2) is 0 Å². The number of ether oxygens (including phenoxy) is 1. The lowest BCUT2D eigenvalue weighted by Gasteiger charge is -2.41. The van der Waals surface area contributed by atoms with Gasteiger partial charge in [0.25, 0.3) is 0 Å². The van der Waals surface area contributed by atoms with E-state index in [1.165, 1.54) is 6.42 Å². The van der Waals surface area contributed by atoms with Gasteiger partial charge < -0.3 is 9.84 Å². The smallest absolute Gasteiger partial charge is 0.0943 e. The molecule has 0 amide bonds. The van der Waals surface area contributed by atoms with Crippen LogP contribution in [0.4, 0.5) is 0 Å². The highest BCUT2D eigenvalue weighted by molar-refractivity contribution is 4.97. The van der Waals surface area contributed by atoms with E-state index in [2.05, 4.69) is 13.8 Å². The zero-order valence-electron chi connectivity index (χ0n) is 8.62. The summed E-state index contributed by atoms with van der Waals surface area (Å²) in [5, 5.41) is 9.88. The first-order valence-corrected chi connectivity index (χ1v) is 5.46. The normalized spacial score (nSPS) is 51.5. The highest BCUT2D eigenvalue weighted by Crippen LogP contribution is 2.44. The van der Waals surface area contributed by atoms with Crippen molar-refractivity contribution in [3.8, 4) is 0 Å². The summed E-state index contributed by atoms with van der Waals surface area (Å²) in [5.41, 5.74) is -0.161. The summed E-state index contributed by atoms with van der Waals surface area (Å²) in [5.74, 6) is 1.49. The first-order valence-electron chi connectivity index (χ1n) is 5.46. The van der Waals surface area contributed by atoms with Gasteiger partial charge in [-0.3, -0.25) is 0 Å². The molecule has 1 aliphatic carbocycles. The van der Waals surface area contributed by atoms with Gasteiger partial charge in [0, 0.05) is 0 Å². The summed E-state index contributed by atoms with van der Waals surface area (Å²) in [4.78, 5) is 0. The molecule has 0 aromatic rings. The number of hydrogen-bond acceptors (Lipinski definition) is 2. The molecule has 1 heterocycles. The van der Waals surface area contributed by atoms with Crippen LogP contribution in [0, 0.1) is 11.8 Å². The molecule has 0 bridgehead atoms. The highest BCUT2D eigenvalue weighted by atomic mass is 16.5. The Kier molecular flexibility index (Phi) is 2.37. The average molecular weight is 184 g/mol. The van der Waals surface area contributed by atoms with Crippen LogP contribution < -0.4 is 0 Å². The lowest BCUT2D eigenvalue weighted by Crippen LogP contribution is -2.45. The molecule has 76 valence electrons. The SMILES string of the molecule is CC1CCC2(CC1C)OCCC2O. The summed E-state index contributed by atoms with van der Waals surface area (Å²) < 4.78 is 5.76. The summed E-state index contributed by atoms with van der Waals surface area (Å²) in [7, 11) is 0. The molecule has 0 aromatic carbocycles. The first kappa shape index (κ1) is 9.47. The fourth-order valence-corrected chi connectivity index (χ4v) is 2.77. The molecule has 0 radical (unpaired) electrons. The van der Waals surface area contributed by atoms with Gasteiger partial charge in [-0.05, 0) is 37.5 Å². The van der Waals surface area contributed by atoms with Crippen LogP contribution in [-0.2, 0) is 4.74 Å². The maximum absolute atomic E-state index is 9.88. The third kappa shape index (κ3) is 1.50. The minimum Gasteiger partial charge on any atom is -0.390 e. The van der Waals surface area contributed by atoms with Crippen LogP contribution in [-0.4, -0.2) is 23.4 Å². The van der Waals surface area contributed by atoms with E-state index in [1.54, 1.807) is 0 Å². The molecule has 1 saturated carbocycles. The number of rotatable bonds is 0. The lowest BCUT2D eigenvalue weighted by atomic mass is 9.71. The van der Waals surface area contributed by atoms with E-state index >= 15 is 0 Å². The molecular formula is C11H20O2. The third-order valence-electron chi connectivity index (χ3n) is 4.05. The summed E-state index contributed by atoms with van der Waals surface area (Å²) in [6.07, 6.45) is 3.94. The predicted octanol–water partition coefficient (Wildman–Crippen LogP) is 1.96. The second-order valence-corrected chi connectivity index (χ2v) is 4.92. The molecule has 13 heavy (non-hydrogen) atoms. The molecule has 4 unspecified atom stereocenters. The van der Waals surface area contributed by atoms with Crippen molar-refractivity contribution < 1.29 is 9.84 Å². The monoisotopic (exact) mass is 184 g/mol. The summed E-state index contributed by atoms with van der Waals surface area (Å²) >= 11 is 0. The van der Waals surface area contributed by atoms with E-state index in [-0.39, 0.29) is 11.7 Å². The quantitative estimate of drug-likeness (QED) is 0.623. The molecule has 4 atom stereocenters. The second-order valence-electron chi connectivity index (χ2n) is 4.92. The molecule has 2 nitrogen and oxygen atoms in total. The van der Waals surface area contributed by atoms with Gasteiger partial charge >= 0.3 is 0 Å². The number of aliphatic hydroxyl groups is 1. The standard InChI is InChI=1S/C11H20O2/c1-8-3-5-11(7-9(8)2)10(12)4-6-13-11/h8-10,12H,3-7H2,1-2H3. The van der Waals surface area contributed by atoms with Crippen LogP contribution in [0.25, 0.3) is 0 Å². The lowest BCUT2D eigenvalue weighted by molar-refractivity contribution is -0.101. The maximum Gasteiger partial charge on any atom is 0.0943 e. The molecule has 1 spiro atoms. The Morgan fingerprint density at radius 2 is 2.00 bits per heavy atom. The van der Waals surface area contributed by atoms with Crippen molar-refractivity contribution in [3.63, 3.8) is 0 Å². The van der Waals surface area contributed by atoms with Gasteiger partial charge in [0.05, 0.1) is 18.3 Å². The largest absolute Gasteiger partial charge is 0.390 e. The molecular weight excluding hydrogens is 164 g/mol. The van der Waals surface area contributed by atoms with E-state index in [0.29, 0.717) is 5.92 Å². The van der Waals surface area contributed by atoms with E-state index in [9.17, 15) is 5.11 Å². The van der Waals surface area contributed by atoms with E-state index < -0.39 is 0 Å². The number of hydrogen-bond donors (Lipinski definition) is 1. The maximum atomic E-state index is 9.88. The molecule has 2 aliphatic rings. The van der Waals surface area contributed by atoms with Crippen molar-refractivity contribution in [3.05, 3.63) is 0 Å². The second kappa shape index (κ2) is 3.25. The molecule has 1 aliphatic heterocycles. The Labute approximate surface area is 80.3 Å². The Morgan fingerprint density at radius 3 is 2.54 bits per heavy atom. The summed E-state index contributed by atoms with van der Waals surface area (Å²) in [6.45, 7) is 5.33. The van der Waals surface area contributed by atoms with Crippen molar-refractivity contribution in [1.82, 2.24) is 0 Å². The molecule has 2 heteroatoms. The Hall–Kier alpha value is -0.0800. The van der Waals surface area contributed by atoms with Gasteiger partial charge in [-0.1, -0.05) is 13.8 Å². The minimum absolute atomic E-state index is 0.161. The van der Waals surface area contributed by atoms with Gasteiger partial charge in [0.2, 0.25) is 0 Å². The van der Waals surface area contributed by atoms with Crippen molar-refractivity contribution in [2.24, 2.45) is 11.8 Å². The molecule has 1 N–H and O–H groups in total. The van der Waals surface area contributed by atoms with Crippen molar-refractivity contribution >= 4 is 0 Å². The Balaban J connectivity index is 2.08. The Morgan fingerprint density at radius 1 is 1.23 bits per heavy atom.